The van der Waals surface area contributed by atoms with Gasteiger partial charge in [-0.1, -0.05) is 12.1 Å². The highest BCUT2D eigenvalue weighted by atomic mass is 19.3. The Bertz CT molecular complexity index is 392. The lowest BCUT2D eigenvalue weighted by atomic mass is 10.1. The number of carbonyl (C=O) groups is 1. The summed E-state index contributed by atoms with van der Waals surface area (Å²) in [5, 5.41) is 17.9. The van der Waals surface area contributed by atoms with Gasteiger partial charge in [0, 0.05) is 11.1 Å². The minimum Gasteiger partial charge on any atom is -0.496 e. The molecule has 0 bridgehead atoms. The molecule has 1 rings (SSSR count). The van der Waals surface area contributed by atoms with Crippen molar-refractivity contribution >= 4 is 5.97 Å². The molecule has 0 aliphatic heterocycles. The van der Waals surface area contributed by atoms with Gasteiger partial charge in [-0.2, -0.15) is 0 Å². The first-order valence-corrected chi connectivity index (χ1v) is 4.34. The number of carboxylic acid groups (broad SMARTS) is 1. The monoisotopic (exact) mass is 232 g/mol. The maximum absolute atomic E-state index is 12.3. The zero-order valence-corrected chi connectivity index (χ0v) is 8.35. The maximum Gasteiger partial charge on any atom is 0.337 e. The second-order valence-electron chi connectivity index (χ2n) is 3.04. The molecule has 6 heteroatoms. The lowest BCUT2D eigenvalue weighted by Gasteiger charge is -2.12. The Morgan fingerprint density at radius 1 is 1.44 bits per heavy atom. The molecule has 1 atom stereocenters. The summed E-state index contributed by atoms with van der Waals surface area (Å²) in [7, 11) is 1.21. The molecule has 0 aliphatic rings. The molecule has 0 saturated carbocycles. The van der Waals surface area contributed by atoms with E-state index in [1.54, 1.807) is 0 Å². The van der Waals surface area contributed by atoms with Crippen LogP contribution in [0, 0.1) is 0 Å². The summed E-state index contributed by atoms with van der Waals surface area (Å²) >= 11 is 0. The highest BCUT2D eigenvalue weighted by Gasteiger charge is 2.21. The molecule has 0 amide bonds. The zero-order chi connectivity index (χ0) is 12.3. The molecule has 0 fully saturated rings. The molecule has 16 heavy (non-hydrogen) atoms. The number of benzene rings is 1. The Kier molecular flexibility index (Phi) is 3.78. The molecular formula is C10H10F2O4. The van der Waals surface area contributed by atoms with Crippen molar-refractivity contribution in [2.45, 2.75) is 12.5 Å². The Labute approximate surface area is 90.1 Å². The van der Waals surface area contributed by atoms with Gasteiger partial charge in [0.05, 0.1) is 7.11 Å². The van der Waals surface area contributed by atoms with Crippen LogP contribution in [-0.4, -0.2) is 23.3 Å². The van der Waals surface area contributed by atoms with Crippen LogP contribution < -0.4 is 4.74 Å². The van der Waals surface area contributed by atoms with E-state index in [9.17, 15) is 18.7 Å². The van der Waals surface area contributed by atoms with Crippen LogP contribution in [-0.2, 0) is 4.79 Å². The zero-order valence-electron chi connectivity index (χ0n) is 8.35. The van der Waals surface area contributed by atoms with Crippen LogP contribution in [0.2, 0.25) is 0 Å². The summed E-state index contributed by atoms with van der Waals surface area (Å²) in [6.45, 7) is 0. The Hall–Kier alpha value is -1.69. The topological polar surface area (TPSA) is 66.8 Å². The molecule has 88 valence electrons. The first-order chi connectivity index (χ1) is 7.47. The largest absolute Gasteiger partial charge is 0.496 e. The van der Waals surface area contributed by atoms with Crippen molar-refractivity contribution in [1.29, 1.82) is 0 Å². The van der Waals surface area contributed by atoms with Gasteiger partial charge >= 0.3 is 5.97 Å². The second-order valence-corrected chi connectivity index (χ2v) is 3.04. The smallest absolute Gasteiger partial charge is 0.337 e. The number of aliphatic hydroxyl groups excluding tert-OH is 1. The molecule has 1 aromatic carbocycles. The number of methoxy groups -OCH3 is 1. The summed E-state index contributed by atoms with van der Waals surface area (Å²) in [6.07, 6.45) is -4.47. The number of rotatable bonds is 4. The molecule has 0 aromatic heterocycles. The van der Waals surface area contributed by atoms with Crippen LogP contribution in [0.25, 0.3) is 0 Å². The van der Waals surface area contributed by atoms with E-state index in [1.807, 2.05) is 0 Å². The van der Waals surface area contributed by atoms with Crippen LogP contribution in [0.15, 0.2) is 18.2 Å². The van der Waals surface area contributed by atoms with Crippen LogP contribution in [0.5, 0.6) is 5.75 Å². The van der Waals surface area contributed by atoms with Crippen LogP contribution in [0.3, 0.4) is 0 Å². The van der Waals surface area contributed by atoms with Crippen LogP contribution in [0.1, 0.15) is 23.7 Å². The predicted octanol–water partition coefficient (Wildman–Crippen LogP) is 1.75. The number of hydrogen-bond donors (Lipinski definition) is 2. The fourth-order valence-electron chi connectivity index (χ4n) is 1.22. The van der Waals surface area contributed by atoms with E-state index in [1.165, 1.54) is 7.11 Å². The fraction of sp³-hybridized carbons (Fsp3) is 0.300. The number of hydrogen-bond acceptors (Lipinski definition) is 3. The minimum atomic E-state index is -2.68. The van der Waals surface area contributed by atoms with E-state index >= 15 is 0 Å². The molecule has 0 spiro atoms. The van der Waals surface area contributed by atoms with E-state index in [0.717, 1.165) is 18.2 Å². The number of halogens is 2. The predicted molar refractivity (Wildman–Crippen MR) is 50.5 cm³/mol. The third-order valence-corrected chi connectivity index (χ3v) is 2.04. The average Bonchev–Trinajstić information content (AvgIpc) is 2.26. The van der Waals surface area contributed by atoms with Crippen molar-refractivity contribution in [3.63, 3.8) is 0 Å². The number of ether oxygens (including phenoxy) is 1. The van der Waals surface area contributed by atoms with Gasteiger partial charge in [0.15, 0.2) is 6.10 Å². The normalized spacial score (nSPS) is 12.6. The van der Waals surface area contributed by atoms with Gasteiger partial charge in [0.1, 0.15) is 5.75 Å². The van der Waals surface area contributed by atoms with Gasteiger partial charge in [-0.3, -0.25) is 0 Å². The quantitative estimate of drug-likeness (QED) is 0.829. The van der Waals surface area contributed by atoms with Crippen molar-refractivity contribution in [3.05, 3.63) is 29.3 Å². The van der Waals surface area contributed by atoms with Gasteiger partial charge in [-0.05, 0) is 6.07 Å². The molecular weight excluding hydrogens is 222 g/mol. The average molecular weight is 232 g/mol. The van der Waals surface area contributed by atoms with Crippen LogP contribution >= 0.6 is 0 Å². The second kappa shape index (κ2) is 4.89. The van der Waals surface area contributed by atoms with Gasteiger partial charge in [0.2, 0.25) is 0 Å². The maximum atomic E-state index is 12.3. The fourth-order valence-corrected chi connectivity index (χ4v) is 1.22. The number of aliphatic hydroxyl groups is 1. The minimum absolute atomic E-state index is 0.0561. The summed E-state index contributed by atoms with van der Waals surface area (Å²) in [5.41, 5.74) is -0.349. The first kappa shape index (κ1) is 12.4. The van der Waals surface area contributed by atoms with E-state index in [2.05, 4.69) is 0 Å². The number of aliphatic carboxylic acids is 1. The van der Waals surface area contributed by atoms with E-state index in [4.69, 9.17) is 9.84 Å². The lowest BCUT2D eigenvalue weighted by molar-refractivity contribution is -0.147. The summed E-state index contributed by atoms with van der Waals surface area (Å²) in [5.74, 6) is -1.55. The van der Waals surface area contributed by atoms with Crippen molar-refractivity contribution in [3.8, 4) is 5.75 Å². The Morgan fingerprint density at radius 3 is 2.50 bits per heavy atom. The van der Waals surface area contributed by atoms with Gasteiger partial charge in [0.25, 0.3) is 6.43 Å². The highest BCUT2D eigenvalue weighted by molar-refractivity contribution is 5.75. The van der Waals surface area contributed by atoms with Crippen molar-refractivity contribution in [1.82, 2.24) is 0 Å². The molecule has 4 nitrogen and oxygen atoms in total. The number of alkyl halides is 2. The van der Waals surface area contributed by atoms with E-state index in [0.29, 0.717) is 0 Å². The van der Waals surface area contributed by atoms with E-state index < -0.39 is 18.5 Å². The molecule has 2 N–H and O–H groups in total. The molecule has 0 radical (unpaired) electrons. The van der Waals surface area contributed by atoms with E-state index in [-0.39, 0.29) is 16.9 Å². The Balaban J connectivity index is 3.16. The molecule has 0 heterocycles. The molecule has 0 aliphatic carbocycles. The van der Waals surface area contributed by atoms with Crippen LogP contribution in [0.4, 0.5) is 8.78 Å². The molecule has 1 aromatic rings. The lowest BCUT2D eigenvalue weighted by Crippen LogP contribution is -2.11. The summed E-state index contributed by atoms with van der Waals surface area (Å²) in [6, 6.07) is 3.17. The van der Waals surface area contributed by atoms with Gasteiger partial charge in [-0.15, -0.1) is 0 Å². The van der Waals surface area contributed by atoms with Gasteiger partial charge in [-0.25, -0.2) is 13.6 Å². The first-order valence-electron chi connectivity index (χ1n) is 4.34. The SMILES string of the molecule is COc1cc(C(F)F)ccc1C(O)C(=O)O. The summed E-state index contributed by atoms with van der Waals surface area (Å²) < 4.78 is 29.4. The van der Waals surface area contributed by atoms with Gasteiger partial charge < -0.3 is 14.9 Å². The number of carboxylic acids is 1. The highest BCUT2D eigenvalue weighted by Crippen LogP contribution is 2.30. The van der Waals surface area contributed by atoms with Crippen molar-refractivity contribution < 1.29 is 28.5 Å². The Morgan fingerprint density at radius 2 is 2.06 bits per heavy atom. The molecule has 0 saturated heterocycles. The third kappa shape index (κ3) is 2.46. The van der Waals surface area contributed by atoms with Crippen molar-refractivity contribution in [2.24, 2.45) is 0 Å². The van der Waals surface area contributed by atoms with Crippen molar-refractivity contribution in [2.75, 3.05) is 7.11 Å². The standard InChI is InChI=1S/C10H10F2O4/c1-16-7-4-5(9(11)12)2-3-6(7)8(13)10(14)15/h2-4,8-9,13H,1H3,(H,14,15). The summed E-state index contributed by atoms with van der Waals surface area (Å²) in [4.78, 5) is 10.5. The third-order valence-electron chi connectivity index (χ3n) is 2.04. The molecule has 1 unspecified atom stereocenters.